The molecule has 0 saturated heterocycles. The van der Waals surface area contributed by atoms with Crippen molar-refractivity contribution in [1.29, 1.82) is 0 Å². The molecule has 1 aromatic carbocycles. The van der Waals surface area contributed by atoms with Crippen molar-refractivity contribution in [3.63, 3.8) is 0 Å². The van der Waals surface area contributed by atoms with E-state index < -0.39 is 0 Å². The lowest BCUT2D eigenvalue weighted by Gasteiger charge is -2.12. The highest BCUT2D eigenvalue weighted by Gasteiger charge is 2.05. The van der Waals surface area contributed by atoms with Gasteiger partial charge in [0.15, 0.2) is 16.6 Å². The van der Waals surface area contributed by atoms with Crippen LogP contribution in [0.15, 0.2) is 23.3 Å². The maximum Gasteiger partial charge on any atom is 0.186 e. The third-order valence-electron chi connectivity index (χ3n) is 2.75. The summed E-state index contributed by atoms with van der Waals surface area (Å²) in [5.74, 6) is 2.05. The van der Waals surface area contributed by atoms with Crippen molar-refractivity contribution in [3.8, 4) is 11.5 Å². The van der Waals surface area contributed by atoms with Gasteiger partial charge in [-0.25, -0.2) is 0 Å². The van der Waals surface area contributed by atoms with Crippen LogP contribution in [0.1, 0.15) is 25.8 Å². The van der Waals surface area contributed by atoms with Gasteiger partial charge >= 0.3 is 0 Å². The van der Waals surface area contributed by atoms with Gasteiger partial charge in [-0.15, -0.1) is 0 Å². The molecule has 0 atom stereocenters. The average Bonchev–Trinajstić information content (AvgIpc) is 2.47. The summed E-state index contributed by atoms with van der Waals surface area (Å²) in [6.45, 7) is 5.02. The Morgan fingerprint density at radius 1 is 1.38 bits per heavy atom. The van der Waals surface area contributed by atoms with E-state index in [-0.39, 0.29) is 0 Å². The lowest BCUT2D eigenvalue weighted by atomic mass is 10.1. The van der Waals surface area contributed by atoms with Crippen LogP contribution in [0.25, 0.3) is 0 Å². The second-order valence-corrected chi connectivity index (χ2v) is 5.30. The van der Waals surface area contributed by atoms with Crippen LogP contribution in [0.5, 0.6) is 11.5 Å². The SMILES string of the molecule is CNC(=S)N/N=C/c1ccc(OCCC(C)C)c(OC)c1. The third-order valence-corrected chi connectivity index (χ3v) is 3.04. The summed E-state index contributed by atoms with van der Waals surface area (Å²) in [7, 11) is 3.36. The first-order valence-corrected chi connectivity index (χ1v) is 7.29. The van der Waals surface area contributed by atoms with Crippen LogP contribution in [0.4, 0.5) is 0 Å². The highest BCUT2D eigenvalue weighted by Crippen LogP contribution is 2.27. The van der Waals surface area contributed by atoms with E-state index >= 15 is 0 Å². The van der Waals surface area contributed by atoms with Gasteiger partial charge in [0.25, 0.3) is 0 Å². The molecule has 1 aromatic rings. The Hall–Kier alpha value is -1.82. The van der Waals surface area contributed by atoms with Crippen molar-refractivity contribution in [3.05, 3.63) is 23.8 Å². The Bertz CT molecular complexity index is 490. The first-order chi connectivity index (χ1) is 10.1. The van der Waals surface area contributed by atoms with Crippen LogP contribution < -0.4 is 20.2 Å². The standard InChI is InChI=1S/C15H23N3O2S/c1-11(2)7-8-20-13-6-5-12(9-14(13)19-4)10-17-18-15(21)16-3/h5-6,9-11H,7-8H2,1-4H3,(H2,16,18,21)/b17-10+. The minimum atomic E-state index is 0.465. The van der Waals surface area contributed by atoms with Gasteiger partial charge in [0.1, 0.15) is 0 Å². The molecule has 0 aromatic heterocycles. The van der Waals surface area contributed by atoms with Crippen molar-refractivity contribution in [1.82, 2.24) is 10.7 Å². The minimum absolute atomic E-state index is 0.465. The molecule has 6 heteroatoms. The van der Waals surface area contributed by atoms with Crippen LogP contribution in [0.2, 0.25) is 0 Å². The lowest BCUT2D eigenvalue weighted by molar-refractivity contribution is 0.273. The highest BCUT2D eigenvalue weighted by molar-refractivity contribution is 7.80. The molecule has 1 rings (SSSR count). The quantitative estimate of drug-likeness (QED) is 0.460. The zero-order valence-corrected chi connectivity index (χ0v) is 13.8. The number of hydrogen-bond donors (Lipinski definition) is 2. The zero-order valence-electron chi connectivity index (χ0n) is 13.0. The van der Waals surface area contributed by atoms with E-state index in [0.29, 0.717) is 23.4 Å². The third kappa shape index (κ3) is 6.44. The smallest absolute Gasteiger partial charge is 0.186 e. The molecular weight excluding hydrogens is 286 g/mol. The van der Waals surface area contributed by atoms with Gasteiger partial charge in [-0.2, -0.15) is 5.10 Å². The molecule has 116 valence electrons. The van der Waals surface area contributed by atoms with Crippen molar-refractivity contribution in [2.24, 2.45) is 11.0 Å². The fraction of sp³-hybridized carbons (Fsp3) is 0.467. The summed E-state index contributed by atoms with van der Waals surface area (Å²) in [4.78, 5) is 0. The molecule has 0 amide bonds. The maximum absolute atomic E-state index is 5.74. The molecule has 0 heterocycles. The number of rotatable bonds is 7. The van der Waals surface area contributed by atoms with Crippen molar-refractivity contribution in [2.75, 3.05) is 20.8 Å². The first-order valence-electron chi connectivity index (χ1n) is 6.88. The van der Waals surface area contributed by atoms with Crippen LogP contribution in [0, 0.1) is 5.92 Å². The molecule has 0 unspecified atom stereocenters. The lowest BCUT2D eigenvalue weighted by Crippen LogP contribution is -2.28. The van der Waals surface area contributed by atoms with Gasteiger partial charge in [-0.05, 0) is 48.3 Å². The van der Waals surface area contributed by atoms with Gasteiger partial charge in [-0.1, -0.05) is 13.8 Å². The van der Waals surface area contributed by atoms with Crippen LogP contribution in [-0.4, -0.2) is 32.1 Å². The molecule has 5 nitrogen and oxygen atoms in total. The molecule has 0 aliphatic carbocycles. The molecular formula is C15H23N3O2S. The fourth-order valence-electron chi connectivity index (χ4n) is 1.51. The van der Waals surface area contributed by atoms with Crippen LogP contribution in [-0.2, 0) is 0 Å². The summed E-state index contributed by atoms with van der Waals surface area (Å²) >= 11 is 4.93. The molecule has 0 fully saturated rings. The fourth-order valence-corrected chi connectivity index (χ4v) is 1.56. The Balaban J connectivity index is 2.67. The summed E-state index contributed by atoms with van der Waals surface area (Å²) in [6, 6.07) is 5.68. The maximum atomic E-state index is 5.74. The number of methoxy groups -OCH3 is 1. The van der Waals surface area contributed by atoms with Gasteiger partial charge in [-0.3, -0.25) is 5.43 Å². The summed E-state index contributed by atoms with van der Waals surface area (Å²) < 4.78 is 11.1. The summed E-state index contributed by atoms with van der Waals surface area (Å²) in [5.41, 5.74) is 3.59. The molecule has 0 aliphatic heterocycles. The van der Waals surface area contributed by atoms with Gasteiger partial charge in [0.05, 0.1) is 19.9 Å². The van der Waals surface area contributed by atoms with E-state index in [4.69, 9.17) is 21.7 Å². The monoisotopic (exact) mass is 309 g/mol. The molecule has 0 aliphatic rings. The Morgan fingerprint density at radius 2 is 2.14 bits per heavy atom. The highest BCUT2D eigenvalue weighted by atomic mass is 32.1. The Kier molecular flexibility index (Phi) is 7.53. The molecule has 0 saturated carbocycles. The number of nitrogens with zero attached hydrogens (tertiary/aromatic N) is 1. The van der Waals surface area contributed by atoms with Crippen LogP contribution in [0.3, 0.4) is 0 Å². The predicted molar refractivity (Wildman–Crippen MR) is 90.3 cm³/mol. The van der Waals surface area contributed by atoms with Crippen molar-refractivity contribution >= 4 is 23.5 Å². The normalized spacial score (nSPS) is 10.7. The molecule has 2 N–H and O–H groups in total. The van der Waals surface area contributed by atoms with Crippen molar-refractivity contribution < 1.29 is 9.47 Å². The Morgan fingerprint density at radius 3 is 2.76 bits per heavy atom. The van der Waals surface area contributed by atoms with Gasteiger partial charge in [0.2, 0.25) is 0 Å². The van der Waals surface area contributed by atoms with E-state index in [1.807, 2.05) is 18.2 Å². The van der Waals surface area contributed by atoms with E-state index in [9.17, 15) is 0 Å². The topological polar surface area (TPSA) is 54.9 Å². The number of ether oxygens (including phenoxy) is 2. The van der Waals surface area contributed by atoms with E-state index in [1.165, 1.54) is 0 Å². The van der Waals surface area contributed by atoms with Gasteiger partial charge < -0.3 is 14.8 Å². The van der Waals surface area contributed by atoms with E-state index in [0.717, 1.165) is 17.7 Å². The predicted octanol–water partition coefficient (Wildman–Crippen LogP) is 2.55. The number of hydrazone groups is 1. The van der Waals surface area contributed by atoms with Crippen LogP contribution >= 0.6 is 12.2 Å². The number of nitrogens with one attached hydrogen (secondary N) is 2. The van der Waals surface area contributed by atoms with Gasteiger partial charge in [0, 0.05) is 7.05 Å². The Labute approximate surface area is 131 Å². The van der Waals surface area contributed by atoms with E-state index in [2.05, 4.69) is 29.7 Å². The molecule has 21 heavy (non-hydrogen) atoms. The summed E-state index contributed by atoms with van der Waals surface area (Å²) in [6.07, 6.45) is 2.68. The minimum Gasteiger partial charge on any atom is -0.493 e. The second kappa shape index (κ2) is 9.18. The number of hydrogen-bond acceptors (Lipinski definition) is 4. The average molecular weight is 309 g/mol. The molecule has 0 radical (unpaired) electrons. The first kappa shape index (κ1) is 17.2. The van der Waals surface area contributed by atoms with E-state index in [1.54, 1.807) is 20.4 Å². The molecule has 0 bridgehead atoms. The number of benzene rings is 1. The second-order valence-electron chi connectivity index (χ2n) is 4.89. The number of thiocarbonyl (C=S) groups is 1. The molecule has 0 spiro atoms. The summed E-state index contributed by atoms with van der Waals surface area (Å²) in [5, 5.41) is 7.27. The zero-order chi connectivity index (χ0) is 15.7. The van der Waals surface area contributed by atoms with Crippen molar-refractivity contribution in [2.45, 2.75) is 20.3 Å². The largest absolute Gasteiger partial charge is 0.493 e.